The molecule has 108 valence electrons. The van der Waals surface area contributed by atoms with Gasteiger partial charge in [0, 0.05) is 22.4 Å². The van der Waals surface area contributed by atoms with Crippen molar-refractivity contribution in [1.82, 2.24) is 4.90 Å². The fourth-order valence-corrected chi connectivity index (χ4v) is 4.15. The second-order valence-electron chi connectivity index (χ2n) is 5.81. The monoisotopic (exact) mass is 317 g/mol. The molecule has 4 rings (SSSR count). The molecule has 1 aliphatic carbocycles. The number of amides is 1. The summed E-state index contributed by atoms with van der Waals surface area (Å²) in [6.07, 6.45) is 3.09. The van der Waals surface area contributed by atoms with Crippen LogP contribution >= 0.6 is 22.9 Å². The number of fused-ring (bicyclic) bond motifs is 1. The van der Waals surface area contributed by atoms with Crippen LogP contribution in [0.2, 0.25) is 5.02 Å². The molecule has 0 bridgehead atoms. The number of hydrogen-bond donors (Lipinski definition) is 0. The zero-order chi connectivity index (χ0) is 14.4. The van der Waals surface area contributed by atoms with Gasteiger partial charge in [-0.25, -0.2) is 0 Å². The highest BCUT2D eigenvalue weighted by atomic mass is 35.5. The molecule has 0 saturated heterocycles. The molecule has 1 aromatic carbocycles. The maximum absolute atomic E-state index is 12.6. The number of carbonyl (C=O) groups excluding carboxylic acids is 1. The van der Waals surface area contributed by atoms with E-state index in [1.165, 1.54) is 10.4 Å². The van der Waals surface area contributed by atoms with Crippen molar-refractivity contribution in [2.24, 2.45) is 5.92 Å². The molecule has 2 aromatic rings. The molecule has 1 aliphatic heterocycles. The number of halogens is 1. The van der Waals surface area contributed by atoms with Crippen LogP contribution in [-0.2, 0) is 11.2 Å². The Morgan fingerprint density at radius 2 is 1.95 bits per heavy atom. The van der Waals surface area contributed by atoms with Crippen LogP contribution in [-0.4, -0.2) is 17.4 Å². The van der Waals surface area contributed by atoms with E-state index < -0.39 is 0 Å². The molecule has 1 aromatic heterocycles. The third-order valence-electron chi connectivity index (χ3n) is 4.36. The maximum atomic E-state index is 12.6. The van der Waals surface area contributed by atoms with Gasteiger partial charge < -0.3 is 4.90 Å². The molecule has 0 radical (unpaired) electrons. The summed E-state index contributed by atoms with van der Waals surface area (Å²) in [5.41, 5.74) is 2.45. The largest absolute Gasteiger partial charge is 0.331 e. The van der Waals surface area contributed by atoms with Crippen molar-refractivity contribution in [3.05, 3.63) is 56.7 Å². The number of carbonyl (C=O) groups is 1. The van der Waals surface area contributed by atoms with Crippen LogP contribution in [0.3, 0.4) is 0 Å². The van der Waals surface area contributed by atoms with Crippen molar-refractivity contribution in [2.75, 3.05) is 6.54 Å². The lowest BCUT2D eigenvalue weighted by Crippen LogP contribution is -2.40. The van der Waals surface area contributed by atoms with Gasteiger partial charge in [0.15, 0.2) is 0 Å². The Morgan fingerprint density at radius 3 is 2.67 bits per heavy atom. The highest BCUT2D eigenvalue weighted by molar-refractivity contribution is 7.10. The van der Waals surface area contributed by atoms with Gasteiger partial charge in [0.2, 0.25) is 5.91 Å². The first-order valence-corrected chi connectivity index (χ1v) is 8.62. The molecule has 2 aliphatic rings. The van der Waals surface area contributed by atoms with E-state index in [9.17, 15) is 4.79 Å². The minimum absolute atomic E-state index is 0.0605. The zero-order valence-corrected chi connectivity index (χ0v) is 13.2. The van der Waals surface area contributed by atoms with Crippen LogP contribution < -0.4 is 0 Å². The smallest absolute Gasteiger partial charge is 0.226 e. The molecule has 0 unspecified atom stereocenters. The summed E-state index contributed by atoms with van der Waals surface area (Å²) in [6, 6.07) is 10.2. The number of nitrogens with zero attached hydrogens (tertiary/aromatic N) is 1. The van der Waals surface area contributed by atoms with Crippen LogP contribution in [0.4, 0.5) is 0 Å². The van der Waals surface area contributed by atoms with Crippen molar-refractivity contribution in [1.29, 1.82) is 0 Å². The lowest BCUT2D eigenvalue weighted by Gasteiger charge is -2.36. The lowest BCUT2D eigenvalue weighted by molar-refractivity contribution is -0.134. The summed E-state index contributed by atoms with van der Waals surface area (Å²) < 4.78 is 0. The van der Waals surface area contributed by atoms with Crippen molar-refractivity contribution in [2.45, 2.75) is 25.3 Å². The van der Waals surface area contributed by atoms with E-state index in [2.05, 4.69) is 16.3 Å². The van der Waals surface area contributed by atoms with Gasteiger partial charge in [0.1, 0.15) is 0 Å². The fourth-order valence-electron chi connectivity index (χ4n) is 3.12. The summed E-state index contributed by atoms with van der Waals surface area (Å²) in [6.45, 7) is 0.830. The molecule has 0 N–H and O–H groups in total. The molecule has 2 nitrogen and oxygen atoms in total. The first kappa shape index (κ1) is 13.4. The van der Waals surface area contributed by atoms with Gasteiger partial charge >= 0.3 is 0 Å². The highest BCUT2D eigenvalue weighted by Crippen LogP contribution is 2.41. The molecule has 4 heteroatoms. The standard InChI is InChI=1S/C17H16ClNOS/c18-13-5-3-11(4-6-13)16-14-8-10-21-15(14)7-9-19(16)17(20)12-1-2-12/h3-6,8,10,12,16H,1-2,7,9H2/t16-/m0/s1. The van der Waals surface area contributed by atoms with Gasteiger partial charge in [-0.2, -0.15) is 0 Å². The van der Waals surface area contributed by atoms with E-state index >= 15 is 0 Å². The van der Waals surface area contributed by atoms with Crippen LogP contribution in [0.1, 0.15) is 34.9 Å². The van der Waals surface area contributed by atoms with Gasteiger partial charge in [0.25, 0.3) is 0 Å². The van der Waals surface area contributed by atoms with E-state index in [0.717, 1.165) is 36.4 Å². The topological polar surface area (TPSA) is 20.3 Å². The summed E-state index contributed by atoms with van der Waals surface area (Å²) in [5.74, 6) is 0.590. The Balaban J connectivity index is 1.77. The van der Waals surface area contributed by atoms with Crippen molar-refractivity contribution < 1.29 is 4.79 Å². The molecule has 1 saturated carbocycles. The lowest BCUT2D eigenvalue weighted by atomic mass is 9.93. The van der Waals surface area contributed by atoms with Crippen LogP contribution in [0.5, 0.6) is 0 Å². The van der Waals surface area contributed by atoms with Gasteiger partial charge in [-0.3, -0.25) is 4.79 Å². The molecular weight excluding hydrogens is 302 g/mol. The van der Waals surface area contributed by atoms with Crippen molar-refractivity contribution >= 4 is 28.8 Å². The van der Waals surface area contributed by atoms with Gasteiger partial charge in [-0.15, -0.1) is 11.3 Å². The van der Waals surface area contributed by atoms with Crippen molar-refractivity contribution in [3.63, 3.8) is 0 Å². The molecule has 2 heterocycles. The van der Waals surface area contributed by atoms with E-state index in [4.69, 9.17) is 11.6 Å². The average molecular weight is 318 g/mol. The van der Waals surface area contributed by atoms with E-state index in [1.54, 1.807) is 11.3 Å². The van der Waals surface area contributed by atoms with Gasteiger partial charge in [-0.1, -0.05) is 23.7 Å². The molecule has 21 heavy (non-hydrogen) atoms. The number of rotatable bonds is 2. The third-order valence-corrected chi connectivity index (χ3v) is 5.61. The first-order valence-electron chi connectivity index (χ1n) is 7.36. The summed E-state index contributed by atoms with van der Waals surface area (Å²) >= 11 is 7.81. The highest BCUT2D eigenvalue weighted by Gasteiger charge is 2.39. The zero-order valence-electron chi connectivity index (χ0n) is 11.6. The fraction of sp³-hybridized carbons (Fsp3) is 0.353. The van der Waals surface area contributed by atoms with Crippen LogP contribution in [0.15, 0.2) is 35.7 Å². The van der Waals surface area contributed by atoms with Gasteiger partial charge in [0.05, 0.1) is 6.04 Å². The number of benzene rings is 1. The van der Waals surface area contributed by atoms with E-state index in [1.807, 2.05) is 24.3 Å². The molecule has 1 fully saturated rings. The van der Waals surface area contributed by atoms with Crippen LogP contribution in [0.25, 0.3) is 0 Å². The normalized spacial score (nSPS) is 21.2. The van der Waals surface area contributed by atoms with Crippen molar-refractivity contribution in [3.8, 4) is 0 Å². The van der Waals surface area contributed by atoms with E-state index in [0.29, 0.717) is 5.91 Å². The minimum atomic E-state index is 0.0605. The first-order chi connectivity index (χ1) is 10.2. The Morgan fingerprint density at radius 1 is 1.19 bits per heavy atom. The number of hydrogen-bond acceptors (Lipinski definition) is 2. The second kappa shape index (κ2) is 5.15. The predicted molar refractivity (Wildman–Crippen MR) is 85.8 cm³/mol. The molecule has 1 amide bonds. The average Bonchev–Trinajstić information content (AvgIpc) is 3.24. The number of thiophene rings is 1. The summed E-state index contributed by atoms with van der Waals surface area (Å²) in [7, 11) is 0. The Hall–Kier alpha value is -1.32. The third kappa shape index (κ3) is 2.39. The maximum Gasteiger partial charge on any atom is 0.226 e. The Labute approximate surface area is 133 Å². The second-order valence-corrected chi connectivity index (χ2v) is 7.25. The summed E-state index contributed by atoms with van der Waals surface area (Å²) in [5, 5.41) is 2.87. The summed E-state index contributed by atoms with van der Waals surface area (Å²) in [4.78, 5) is 16.1. The molecular formula is C17H16ClNOS. The minimum Gasteiger partial charge on any atom is -0.331 e. The SMILES string of the molecule is O=C(C1CC1)N1CCc2sccc2[C@@H]1c1ccc(Cl)cc1. The van der Waals surface area contributed by atoms with Gasteiger partial charge in [-0.05, 0) is 54.0 Å². The van der Waals surface area contributed by atoms with E-state index in [-0.39, 0.29) is 12.0 Å². The molecule has 0 spiro atoms. The van der Waals surface area contributed by atoms with Crippen LogP contribution in [0, 0.1) is 5.92 Å². The predicted octanol–water partition coefficient (Wildman–Crippen LogP) is 4.29. The molecule has 1 atom stereocenters. The Kier molecular flexibility index (Phi) is 3.27. The Bertz CT molecular complexity index is 674. The quantitative estimate of drug-likeness (QED) is 0.809.